The summed E-state index contributed by atoms with van der Waals surface area (Å²) in [5.41, 5.74) is 0.276. The highest BCUT2D eigenvalue weighted by Gasteiger charge is 2.17. The van der Waals surface area contributed by atoms with Crippen LogP contribution in [0.5, 0.6) is 0 Å². The molecule has 0 aliphatic carbocycles. The largest absolute Gasteiger partial charge is 0.350 e. The Morgan fingerprint density at radius 3 is 3.19 bits per heavy atom. The molecule has 0 aromatic carbocycles. The zero-order valence-electron chi connectivity index (χ0n) is 8.65. The van der Waals surface area contributed by atoms with E-state index in [0.29, 0.717) is 12.5 Å². The number of rotatable bonds is 3. The summed E-state index contributed by atoms with van der Waals surface area (Å²) < 4.78 is 0. The molecule has 0 spiro atoms. The maximum atomic E-state index is 11.7. The lowest BCUT2D eigenvalue weighted by Gasteiger charge is -2.09. The van der Waals surface area contributed by atoms with Gasteiger partial charge in [0, 0.05) is 6.54 Å². The molecule has 0 saturated carbocycles. The van der Waals surface area contributed by atoms with Crippen LogP contribution in [0.3, 0.4) is 0 Å². The third kappa shape index (κ3) is 3.09. The van der Waals surface area contributed by atoms with Crippen LogP contribution < -0.4 is 5.32 Å². The Kier molecular flexibility index (Phi) is 4.01. The van der Waals surface area contributed by atoms with Crippen molar-refractivity contribution in [3.63, 3.8) is 0 Å². The second kappa shape index (κ2) is 5.50. The molecular formula is C10H12ClN3OS. The number of thioether (sulfide) groups is 1. The van der Waals surface area contributed by atoms with Crippen molar-refractivity contribution in [2.45, 2.75) is 6.42 Å². The topological polar surface area (TPSA) is 54.9 Å². The number of carbonyl (C=O) groups is 1. The van der Waals surface area contributed by atoms with E-state index < -0.39 is 0 Å². The molecule has 1 amide bonds. The van der Waals surface area contributed by atoms with Crippen molar-refractivity contribution in [3.8, 4) is 0 Å². The van der Waals surface area contributed by atoms with Gasteiger partial charge < -0.3 is 5.32 Å². The highest BCUT2D eigenvalue weighted by molar-refractivity contribution is 7.99. The average molecular weight is 258 g/mol. The molecule has 1 unspecified atom stereocenters. The predicted octanol–water partition coefficient (Wildman–Crippen LogP) is 1.61. The Bertz CT molecular complexity index is 382. The van der Waals surface area contributed by atoms with Crippen molar-refractivity contribution in [2.75, 3.05) is 18.1 Å². The zero-order chi connectivity index (χ0) is 11.4. The lowest BCUT2D eigenvalue weighted by Crippen LogP contribution is -2.30. The second-order valence-corrected chi connectivity index (χ2v) is 5.20. The number of nitrogens with zero attached hydrogens (tertiary/aromatic N) is 2. The maximum Gasteiger partial charge on any atom is 0.271 e. The first kappa shape index (κ1) is 11.7. The van der Waals surface area contributed by atoms with Gasteiger partial charge in [-0.15, -0.1) is 0 Å². The van der Waals surface area contributed by atoms with Gasteiger partial charge in [0.15, 0.2) is 0 Å². The van der Waals surface area contributed by atoms with E-state index >= 15 is 0 Å². The van der Waals surface area contributed by atoms with Gasteiger partial charge in [0.05, 0.1) is 12.4 Å². The van der Waals surface area contributed by atoms with Crippen LogP contribution in [0.25, 0.3) is 0 Å². The quantitative estimate of drug-likeness (QED) is 0.894. The number of carbonyl (C=O) groups excluding carboxylic acids is 1. The number of halogens is 1. The highest BCUT2D eigenvalue weighted by Crippen LogP contribution is 2.22. The molecule has 1 saturated heterocycles. The molecule has 86 valence electrons. The summed E-state index contributed by atoms with van der Waals surface area (Å²) in [7, 11) is 0. The summed E-state index contributed by atoms with van der Waals surface area (Å²) in [6.07, 6.45) is 4.00. The molecule has 16 heavy (non-hydrogen) atoms. The molecule has 1 fully saturated rings. The molecule has 1 aliphatic heterocycles. The fourth-order valence-electron chi connectivity index (χ4n) is 1.52. The summed E-state index contributed by atoms with van der Waals surface area (Å²) in [5.74, 6) is 2.70. The zero-order valence-corrected chi connectivity index (χ0v) is 10.2. The van der Waals surface area contributed by atoms with Crippen LogP contribution in [0, 0.1) is 5.92 Å². The van der Waals surface area contributed by atoms with E-state index in [1.165, 1.54) is 24.6 Å². The third-order valence-corrected chi connectivity index (χ3v) is 3.83. The number of nitrogens with one attached hydrogen (secondary N) is 1. The van der Waals surface area contributed by atoms with Gasteiger partial charge in [-0.05, 0) is 23.8 Å². The first-order valence-electron chi connectivity index (χ1n) is 5.09. The van der Waals surface area contributed by atoms with Crippen molar-refractivity contribution in [1.29, 1.82) is 0 Å². The van der Waals surface area contributed by atoms with E-state index in [4.69, 9.17) is 11.6 Å². The van der Waals surface area contributed by atoms with Gasteiger partial charge in [-0.1, -0.05) is 11.6 Å². The monoisotopic (exact) mass is 257 g/mol. The summed E-state index contributed by atoms with van der Waals surface area (Å²) in [5, 5.41) is 3.09. The Morgan fingerprint density at radius 1 is 1.62 bits per heavy atom. The lowest BCUT2D eigenvalue weighted by molar-refractivity contribution is 0.0943. The third-order valence-electron chi connectivity index (χ3n) is 2.41. The Hall–Kier alpha value is -0.810. The molecule has 1 N–H and O–H groups in total. The Balaban J connectivity index is 1.87. The molecule has 0 radical (unpaired) electrons. The molecule has 4 nitrogen and oxygen atoms in total. The maximum absolute atomic E-state index is 11.7. The van der Waals surface area contributed by atoms with Crippen molar-refractivity contribution in [2.24, 2.45) is 5.92 Å². The summed E-state index contributed by atoms with van der Waals surface area (Å²) >= 11 is 7.59. The molecular weight excluding hydrogens is 246 g/mol. The van der Waals surface area contributed by atoms with Crippen molar-refractivity contribution < 1.29 is 4.79 Å². The van der Waals surface area contributed by atoms with E-state index in [0.717, 1.165) is 5.75 Å². The van der Waals surface area contributed by atoms with Gasteiger partial charge in [0.25, 0.3) is 5.91 Å². The highest BCUT2D eigenvalue weighted by atomic mass is 35.5. The molecule has 2 rings (SSSR count). The molecule has 1 atom stereocenters. The Labute approximate surface area is 103 Å². The fourth-order valence-corrected chi connectivity index (χ4v) is 2.96. The van der Waals surface area contributed by atoms with Crippen LogP contribution in [0.2, 0.25) is 5.15 Å². The minimum absolute atomic E-state index is 0.202. The summed E-state index contributed by atoms with van der Waals surface area (Å²) in [6.45, 7) is 0.708. The molecule has 6 heteroatoms. The average Bonchev–Trinajstić information content (AvgIpc) is 2.78. The smallest absolute Gasteiger partial charge is 0.271 e. The van der Waals surface area contributed by atoms with Crippen LogP contribution in [-0.2, 0) is 0 Å². The van der Waals surface area contributed by atoms with Gasteiger partial charge in [0.2, 0.25) is 0 Å². The van der Waals surface area contributed by atoms with E-state index in [1.54, 1.807) is 0 Å². The number of hydrogen-bond donors (Lipinski definition) is 1. The van der Waals surface area contributed by atoms with Crippen LogP contribution in [0.15, 0.2) is 12.4 Å². The van der Waals surface area contributed by atoms with Crippen LogP contribution in [0.1, 0.15) is 16.9 Å². The Morgan fingerprint density at radius 2 is 2.50 bits per heavy atom. The van der Waals surface area contributed by atoms with Gasteiger partial charge in [0.1, 0.15) is 10.8 Å². The van der Waals surface area contributed by atoms with E-state index in [9.17, 15) is 4.79 Å². The summed E-state index contributed by atoms with van der Waals surface area (Å²) in [4.78, 5) is 19.4. The predicted molar refractivity (Wildman–Crippen MR) is 64.8 cm³/mol. The molecule has 0 bridgehead atoms. The van der Waals surface area contributed by atoms with E-state index in [1.807, 2.05) is 11.8 Å². The minimum atomic E-state index is -0.202. The van der Waals surface area contributed by atoms with E-state index in [2.05, 4.69) is 15.3 Å². The first-order valence-corrected chi connectivity index (χ1v) is 6.62. The molecule has 1 aromatic heterocycles. The standard InChI is InChI=1S/C10H12ClN3OS/c11-9-5-12-4-8(14-9)10(15)13-3-7-1-2-16-6-7/h4-5,7H,1-3,6H2,(H,13,15). The summed E-state index contributed by atoms with van der Waals surface area (Å²) in [6, 6.07) is 0. The van der Waals surface area contributed by atoms with Crippen molar-refractivity contribution >= 4 is 29.3 Å². The normalized spacial score (nSPS) is 19.7. The molecule has 2 heterocycles. The van der Waals surface area contributed by atoms with Gasteiger partial charge in [-0.2, -0.15) is 11.8 Å². The number of aromatic nitrogens is 2. The van der Waals surface area contributed by atoms with Gasteiger partial charge in [-0.25, -0.2) is 4.98 Å². The molecule has 1 aliphatic rings. The van der Waals surface area contributed by atoms with Crippen LogP contribution in [-0.4, -0.2) is 33.9 Å². The lowest BCUT2D eigenvalue weighted by atomic mass is 10.1. The van der Waals surface area contributed by atoms with Crippen molar-refractivity contribution in [3.05, 3.63) is 23.2 Å². The number of hydrogen-bond acceptors (Lipinski definition) is 4. The minimum Gasteiger partial charge on any atom is -0.350 e. The fraction of sp³-hybridized carbons (Fsp3) is 0.500. The van der Waals surface area contributed by atoms with Gasteiger partial charge >= 0.3 is 0 Å². The SMILES string of the molecule is O=C(NCC1CCSC1)c1cncc(Cl)n1. The van der Waals surface area contributed by atoms with Crippen LogP contribution in [0.4, 0.5) is 0 Å². The van der Waals surface area contributed by atoms with Crippen molar-refractivity contribution in [1.82, 2.24) is 15.3 Å². The second-order valence-electron chi connectivity index (χ2n) is 3.67. The first-order chi connectivity index (χ1) is 7.75. The molecule has 1 aromatic rings. The van der Waals surface area contributed by atoms with Crippen LogP contribution >= 0.6 is 23.4 Å². The van der Waals surface area contributed by atoms with E-state index in [-0.39, 0.29) is 16.8 Å². The van der Waals surface area contributed by atoms with Gasteiger partial charge in [-0.3, -0.25) is 9.78 Å². The number of amides is 1.